The van der Waals surface area contributed by atoms with Gasteiger partial charge in [0.1, 0.15) is 12.1 Å². The average Bonchev–Trinajstić information content (AvgIpc) is 3.39. The van der Waals surface area contributed by atoms with E-state index in [1.807, 2.05) is 57.2 Å². The number of para-hydroxylation sites is 1. The molecule has 4 rings (SSSR count). The van der Waals surface area contributed by atoms with Gasteiger partial charge in [-0.15, -0.1) is 0 Å². The smallest absolute Gasteiger partial charge is 0.325 e. The Morgan fingerprint density at radius 1 is 1.06 bits per heavy atom. The second kappa shape index (κ2) is 9.82. The number of hydrogen-bond donors (Lipinski definition) is 3. The number of H-pyrrole nitrogens is 1. The molecule has 2 aromatic carbocycles. The van der Waals surface area contributed by atoms with Crippen molar-refractivity contribution in [2.24, 2.45) is 0 Å². The predicted molar refractivity (Wildman–Crippen MR) is 137 cm³/mol. The minimum atomic E-state index is -0.919. The number of amides is 4. The molecule has 1 fully saturated rings. The number of aromatic nitrogens is 1. The van der Waals surface area contributed by atoms with Crippen molar-refractivity contribution < 1.29 is 14.4 Å². The van der Waals surface area contributed by atoms with Crippen LogP contribution in [0.5, 0.6) is 0 Å². The Labute approximate surface area is 205 Å². The highest BCUT2D eigenvalue weighted by atomic mass is 16.2. The van der Waals surface area contributed by atoms with Gasteiger partial charge < -0.3 is 20.5 Å². The van der Waals surface area contributed by atoms with Gasteiger partial charge in [-0.1, -0.05) is 44.2 Å². The van der Waals surface area contributed by atoms with E-state index < -0.39 is 11.6 Å². The third kappa shape index (κ3) is 4.60. The minimum absolute atomic E-state index is 0.111. The molecule has 2 heterocycles. The monoisotopic (exact) mass is 475 g/mol. The Balaban J connectivity index is 1.54. The van der Waals surface area contributed by atoms with E-state index in [4.69, 9.17) is 0 Å². The molecule has 4 amide bonds. The number of hydrogen-bond acceptors (Lipinski definition) is 4. The molecule has 1 aliphatic rings. The van der Waals surface area contributed by atoms with Crippen LogP contribution in [0.2, 0.25) is 0 Å². The van der Waals surface area contributed by atoms with E-state index in [1.165, 1.54) is 0 Å². The number of fused-ring (bicyclic) bond motifs is 1. The minimum Gasteiger partial charge on any atom is -0.378 e. The summed E-state index contributed by atoms with van der Waals surface area (Å²) in [7, 11) is 3.99. The van der Waals surface area contributed by atoms with E-state index in [9.17, 15) is 14.4 Å². The lowest BCUT2D eigenvalue weighted by molar-refractivity contribution is -0.135. The van der Waals surface area contributed by atoms with Crippen molar-refractivity contribution in [2.45, 2.75) is 38.1 Å². The number of rotatable bonds is 9. The van der Waals surface area contributed by atoms with E-state index >= 15 is 0 Å². The number of urea groups is 1. The van der Waals surface area contributed by atoms with Crippen molar-refractivity contribution >= 4 is 34.4 Å². The topological polar surface area (TPSA) is 97.5 Å². The van der Waals surface area contributed by atoms with Crippen LogP contribution in [0, 0.1) is 0 Å². The first kappa shape index (κ1) is 24.3. The summed E-state index contributed by atoms with van der Waals surface area (Å²) in [6, 6.07) is 15.8. The molecule has 1 aromatic heterocycles. The second-order valence-corrected chi connectivity index (χ2v) is 9.24. The summed E-state index contributed by atoms with van der Waals surface area (Å²) in [6.07, 6.45) is 2.95. The summed E-state index contributed by atoms with van der Waals surface area (Å²) >= 11 is 0. The molecule has 1 aliphatic heterocycles. The molecule has 3 aromatic rings. The highest BCUT2D eigenvalue weighted by Crippen LogP contribution is 2.31. The molecule has 8 nitrogen and oxygen atoms in total. The van der Waals surface area contributed by atoms with Crippen LogP contribution in [0.25, 0.3) is 10.9 Å². The van der Waals surface area contributed by atoms with Crippen LogP contribution >= 0.6 is 0 Å². The first-order valence-corrected chi connectivity index (χ1v) is 12.0. The molecular formula is C27H33N5O3. The maximum Gasteiger partial charge on any atom is 0.325 e. The van der Waals surface area contributed by atoms with Crippen LogP contribution in [0.15, 0.2) is 54.7 Å². The Morgan fingerprint density at radius 3 is 2.37 bits per heavy atom. The van der Waals surface area contributed by atoms with E-state index in [-0.39, 0.29) is 24.3 Å². The van der Waals surface area contributed by atoms with Gasteiger partial charge in [0.05, 0.1) is 0 Å². The molecule has 1 unspecified atom stereocenters. The molecular weight excluding hydrogens is 442 g/mol. The van der Waals surface area contributed by atoms with Gasteiger partial charge in [-0.05, 0) is 42.2 Å². The molecule has 0 spiro atoms. The fraction of sp³-hybridized carbons (Fsp3) is 0.370. The van der Waals surface area contributed by atoms with Crippen LogP contribution in [-0.4, -0.2) is 60.5 Å². The lowest BCUT2D eigenvalue weighted by atomic mass is 9.90. The van der Waals surface area contributed by atoms with Gasteiger partial charge in [-0.3, -0.25) is 14.5 Å². The molecule has 1 saturated heterocycles. The van der Waals surface area contributed by atoms with Gasteiger partial charge in [-0.25, -0.2) is 4.79 Å². The molecule has 1 atom stereocenters. The molecule has 3 N–H and O–H groups in total. The Kier molecular flexibility index (Phi) is 6.82. The van der Waals surface area contributed by atoms with Gasteiger partial charge >= 0.3 is 6.03 Å². The van der Waals surface area contributed by atoms with E-state index in [0.29, 0.717) is 19.4 Å². The summed E-state index contributed by atoms with van der Waals surface area (Å²) in [5.41, 5.74) is 3.33. The summed E-state index contributed by atoms with van der Waals surface area (Å²) in [5.74, 6) is -0.818. The standard InChI is InChI=1S/C27H33N5O3/c1-5-27(6-2)25(34)32(26(35)30-27)17-24(33)29-15-21(18-11-13-19(14-12-18)31(3)4)22-16-28-23-10-8-7-9-20(22)23/h7-14,16,21,28H,5-6,15,17H2,1-4H3,(H,29,33)(H,30,35). The van der Waals surface area contributed by atoms with E-state index in [0.717, 1.165) is 32.6 Å². The Hall–Kier alpha value is -3.81. The zero-order valence-corrected chi connectivity index (χ0v) is 20.7. The first-order valence-electron chi connectivity index (χ1n) is 12.0. The van der Waals surface area contributed by atoms with Crippen LogP contribution in [0.4, 0.5) is 10.5 Å². The fourth-order valence-corrected chi connectivity index (χ4v) is 4.76. The summed E-state index contributed by atoms with van der Waals surface area (Å²) in [6.45, 7) is 3.75. The van der Waals surface area contributed by atoms with Crippen LogP contribution in [0.3, 0.4) is 0 Å². The first-order chi connectivity index (χ1) is 16.8. The number of nitrogens with zero attached hydrogens (tertiary/aromatic N) is 2. The third-order valence-electron chi connectivity index (χ3n) is 7.07. The maximum absolute atomic E-state index is 12.9. The van der Waals surface area contributed by atoms with Gasteiger partial charge in [0, 0.05) is 49.3 Å². The zero-order chi connectivity index (χ0) is 25.2. The van der Waals surface area contributed by atoms with Gasteiger partial charge in [0.15, 0.2) is 0 Å². The number of carbonyl (C=O) groups excluding carboxylic acids is 3. The number of nitrogens with one attached hydrogen (secondary N) is 3. The SMILES string of the molecule is CCC1(CC)NC(=O)N(CC(=O)NCC(c2ccc(N(C)C)cc2)c2c[nH]c3ccccc23)C1=O. The van der Waals surface area contributed by atoms with Crippen molar-refractivity contribution in [1.82, 2.24) is 20.5 Å². The zero-order valence-electron chi connectivity index (χ0n) is 20.7. The van der Waals surface area contributed by atoms with E-state index in [1.54, 1.807) is 0 Å². The predicted octanol–water partition coefficient (Wildman–Crippen LogP) is 3.59. The normalized spacial score (nSPS) is 15.8. The number of imide groups is 1. The lowest BCUT2D eigenvalue weighted by Crippen LogP contribution is -2.46. The summed E-state index contributed by atoms with van der Waals surface area (Å²) in [5, 5.41) is 6.83. The molecule has 8 heteroatoms. The van der Waals surface area contributed by atoms with Crippen LogP contribution < -0.4 is 15.5 Å². The number of aromatic amines is 1. The molecule has 0 bridgehead atoms. The largest absolute Gasteiger partial charge is 0.378 e. The number of anilines is 1. The lowest BCUT2D eigenvalue weighted by Gasteiger charge is -2.23. The molecule has 0 radical (unpaired) electrons. The average molecular weight is 476 g/mol. The maximum atomic E-state index is 12.9. The van der Waals surface area contributed by atoms with Gasteiger partial charge in [-0.2, -0.15) is 0 Å². The highest BCUT2D eigenvalue weighted by Gasteiger charge is 2.49. The van der Waals surface area contributed by atoms with Gasteiger partial charge in [0.2, 0.25) is 5.91 Å². The fourth-order valence-electron chi connectivity index (χ4n) is 4.76. The second-order valence-electron chi connectivity index (χ2n) is 9.24. The molecule has 0 saturated carbocycles. The van der Waals surface area contributed by atoms with Crippen LogP contribution in [-0.2, 0) is 9.59 Å². The van der Waals surface area contributed by atoms with Gasteiger partial charge in [0.25, 0.3) is 5.91 Å². The summed E-state index contributed by atoms with van der Waals surface area (Å²) in [4.78, 5) is 44.6. The van der Waals surface area contributed by atoms with Crippen molar-refractivity contribution in [3.63, 3.8) is 0 Å². The Bertz CT molecular complexity index is 1230. The van der Waals surface area contributed by atoms with Crippen LogP contribution in [0.1, 0.15) is 43.7 Å². The van der Waals surface area contributed by atoms with E-state index in [2.05, 4.69) is 45.9 Å². The van der Waals surface area contributed by atoms with Crippen molar-refractivity contribution in [2.75, 3.05) is 32.1 Å². The Morgan fingerprint density at radius 2 is 1.74 bits per heavy atom. The molecule has 35 heavy (non-hydrogen) atoms. The summed E-state index contributed by atoms with van der Waals surface area (Å²) < 4.78 is 0. The molecule has 184 valence electrons. The molecule has 0 aliphatic carbocycles. The quantitative estimate of drug-likeness (QED) is 0.412. The van der Waals surface area contributed by atoms with Crippen molar-refractivity contribution in [3.8, 4) is 0 Å². The number of carbonyl (C=O) groups is 3. The van der Waals surface area contributed by atoms with Crippen molar-refractivity contribution in [3.05, 3.63) is 65.9 Å². The third-order valence-corrected chi connectivity index (χ3v) is 7.07. The highest BCUT2D eigenvalue weighted by molar-refractivity contribution is 6.09. The van der Waals surface area contributed by atoms with Crippen molar-refractivity contribution in [1.29, 1.82) is 0 Å². The number of benzene rings is 2.